The van der Waals surface area contributed by atoms with E-state index in [1.807, 2.05) is 18.2 Å². The number of hydrogen-bond acceptors (Lipinski definition) is 4. The van der Waals surface area contributed by atoms with Crippen molar-refractivity contribution < 1.29 is 19.1 Å². The molecule has 2 aromatic rings. The monoisotopic (exact) mass is 340 g/mol. The van der Waals surface area contributed by atoms with E-state index in [4.69, 9.17) is 9.47 Å². The maximum Gasteiger partial charge on any atom is 0.267 e. The summed E-state index contributed by atoms with van der Waals surface area (Å²) in [4.78, 5) is 25.9. The molecule has 1 unspecified atom stereocenters. The van der Waals surface area contributed by atoms with Crippen molar-refractivity contribution >= 4 is 17.5 Å². The molecule has 0 saturated carbocycles. The quantitative estimate of drug-likeness (QED) is 0.928. The third kappa shape index (κ3) is 3.42. The molecule has 2 aromatic carbocycles. The van der Waals surface area contributed by atoms with Gasteiger partial charge in [0.15, 0.2) is 6.10 Å². The molecule has 130 valence electrons. The lowest BCUT2D eigenvalue weighted by molar-refractivity contribution is -0.125. The maximum absolute atomic E-state index is 12.3. The fraction of sp³-hybridized carbons (Fsp3) is 0.263. The van der Waals surface area contributed by atoms with Crippen LogP contribution in [0.2, 0.25) is 0 Å². The molecule has 1 aliphatic heterocycles. The number of anilines is 1. The molecular formula is C19H20N2O4. The SMILES string of the molecule is COc1cccc(C(=O)NCc2ccc3c(c2)N(C)C(=O)C(C)O3)c1. The van der Waals surface area contributed by atoms with E-state index in [0.29, 0.717) is 29.3 Å². The Balaban J connectivity index is 1.72. The van der Waals surface area contributed by atoms with Crippen molar-refractivity contribution in [3.63, 3.8) is 0 Å². The number of nitrogens with one attached hydrogen (secondary N) is 1. The Morgan fingerprint density at radius 2 is 2.08 bits per heavy atom. The summed E-state index contributed by atoms with van der Waals surface area (Å²) in [7, 11) is 3.28. The summed E-state index contributed by atoms with van der Waals surface area (Å²) >= 11 is 0. The van der Waals surface area contributed by atoms with E-state index in [-0.39, 0.29) is 11.8 Å². The first-order valence-electron chi connectivity index (χ1n) is 7.99. The number of likely N-dealkylation sites (N-methyl/N-ethyl adjacent to an activating group) is 1. The minimum Gasteiger partial charge on any atom is -0.497 e. The van der Waals surface area contributed by atoms with Gasteiger partial charge in [-0.25, -0.2) is 0 Å². The van der Waals surface area contributed by atoms with E-state index in [1.54, 1.807) is 50.2 Å². The number of amides is 2. The van der Waals surface area contributed by atoms with E-state index in [9.17, 15) is 9.59 Å². The van der Waals surface area contributed by atoms with E-state index in [0.717, 1.165) is 5.56 Å². The molecule has 0 spiro atoms. The predicted octanol–water partition coefficient (Wildman–Crippen LogP) is 2.37. The van der Waals surface area contributed by atoms with Gasteiger partial charge in [0.05, 0.1) is 12.8 Å². The number of carbonyl (C=O) groups is 2. The highest BCUT2D eigenvalue weighted by Gasteiger charge is 2.28. The van der Waals surface area contributed by atoms with Gasteiger partial charge in [-0.3, -0.25) is 9.59 Å². The molecule has 0 bridgehead atoms. The molecule has 2 amide bonds. The average molecular weight is 340 g/mol. The molecule has 1 atom stereocenters. The highest BCUT2D eigenvalue weighted by molar-refractivity contribution is 5.99. The van der Waals surface area contributed by atoms with Crippen molar-refractivity contribution in [3.8, 4) is 11.5 Å². The summed E-state index contributed by atoms with van der Waals surface area (Å²) in [6, 6.07) is 12.5. The van der Waals surface area contributed by atoms with Crippen LogP contribution in [0.5, 0.6) is 11.5 Å². The van der Waals surface area contributed by atoms with Gasteiger partial charge in [-0.2, -0.15) is 0 Å². The van der Waals surface area contributed by atoms with Gasteiger partial charge >= 0.3 is 0 Å². The number of rotatable bonds is 4. The molecular weight excluding hydrogens is 320 g/mol. The maximum atomic E-state index is 12.3. The molecule has 0 aliphatic carbocycles. The van der Waals surface area contributed by atoms with Crippen LogP contribution in [-0.2, 0) is 11.3 Å². The molecule has 1 heterocycles. The number of nitrogens with zero attached hydrogens (tertiary/aromatic N) is 1. The van der Waals surface area contributed by atoms with Gasteiger partial charge in [-0.1, -0.05) is 12.1 Å². The van der Waals surface area contributed by atoms with Crippen LogP contribution in [0.15, 0.2) is 42.5 Å². The predicted molar refractivity (Wildman–Crippen MR) is 94.1 cm³/mol. The standard InChI is InChI=1S/C19H20N2O4/c1-12-19(23)21(2)16-9-13(7-8-17(16)25-12)11-20-18(22)14-5-4-6-15(10-14)24-3/h4-10,12H,11H2,1-3H3,(H,20,22). The number of benzene rings is 2. The first kappa shape index (κ1) is 16.8. The zero-order valence-electron chi connectivity index (χ0n) is 14.4. The van der Waals surface area contributed by atoms with Crippen LogP contribution in [0.3, 0.4) is 0 Å². The van der Waals surface area contributed by atoms with Gasteiger partial charge < -0.3 is 19.7 Å². The molecule has 25 heavy (non-hydrogen) atoms. The molecule has 1 N–H and O–H groups in total. The molecule has 6 nitrogen and oxygen atoms in total. The smallest absolute Gasteiger partial charge is 0.267 e. The Hall–Kier alpha value is -3.02. The zero-order valence-corrected chi connectivity index (χ0v) is 14.4. The van der Waals surface area contributed by atoms with Crippen LogP contribution in [0.4, 0.5) is 5.69 Å². The molecule has 1 aliphatic rings. The van der Waals surface area contributed by atoms with Crippen LogP contribution in [0.1, 0.15) is 22.8 Å². The van der Waals surface area contributed by atoms with Crippen LogP contribution in [0, 0.1) is 0 Å². The Labute approximate surface area is 146 Å². The Morgan fingerprint density at radius 1 is 1.28 bits per heavy atom. The summed E-state index contributed by atoms with van der Waals surface area (Å²) < 4.78 is 10.7. The molecule has 0 radical (unpaired) electrons. The third-order valence-corrected chi connectivity index (χ3v) is 4.15. The number of ether oxygens (including phenoxy) is 2. The van der Waals surface area contributed by atoms with Crippen molar-refractivity contribution in [3.05, 3.63) is 53.6 Å². The molecule has 0 fully saturated rings. The van der Waals surface area contributed by atoms with Crippen molar-refractivity contribution in [2.75, 3.05) is 19.1 Å². The van der Waals surface area contributed by atoms with Gasteiger partial charge in [0.1, 0.15) is 11.5 Å². The minimum atomic E-state index is -0.490. The van der Waals surface area contributed by atoms with Gasteiger partial charge in [-0.15, -0.1) is 0 Å². The van der Waals surface area contributed by atoms with Gasteiger partial charge in [-0.05, 0) is 42.8 Å². The average Bonchev–Trinajstić information content (AvgIpc) is 2.64. The Bertz CT molecular complexity index is 819. The van der Waals surface area contributed by atoms with E-state index in [2.05, 4.69) is 5.32 Å². The number of carbonyl (C=O) groups excluding carboxylic acids is 2. The molecule has 3 rings (SSSR count). The number of methoxy groups -OCH3 is 1. The van der Waals surface area contributed by atoms with Crippen molar-refractivity contribution in [1.82, 2.24) is 5.32 Å². The fourth-order valence-corrected chi connectivity index (χ4v) is 2.72. The topological polar surface area (TPSA) is 67.9 Å². The molecule has 0 saturated heterocycles. The van der Waals surface area contributed by atoms with E-state index < -0.39 is 6.10 Å². The highest BCUT2D eigenvalue weighted by Crippen LogP contribution is 2.33. The third-order valence-electron chi connectivity index (χ3n) is 4.15. The lowest BCUT2D eigenvalue weighted by atomic mass is 10.1. The summed E-state index contributed by atoms with van der Waals surface area (Å²) in [5.74, 6) is 1.02. The van der Waals surface area contributed by atoms with Gasteiger partial charge in [0.25, 0.3) is 11.8 Å². The summed E-state index contributed by atoms with van der Waals surface area (Å²) in [5, 5.41) is 2.87. The second kappa shape index (κ2) is 6.84. The molecule has 0 aromatic heterocycles. The second-order valence-electron chi connectivity index (χ2n) is 5.87. The fourth-order valence-electron chi connectivity index (χ4n) is 2.72. The van der Waals surface area contributed by atoms with E-state index in [1.165, 1.54) is 0 Å². The Kier molecular flexibility index (Phi) is 4.61. The summed E-state index contributed by atoms with van der Waals surface area (Å²) in [6.45, 7) is 2.07. The zero-order chi connectivity index (χ0) is 18.0. The summed E-state index contributed by atoms with van der Waals surface area (Å²) in [6.07, 6.45) is -0.490. The summed E-state index contributed by atoms with van der Waals surface area (Å²) in [5.41, 5.74) is 2.12. The van der Waals surface area contributed by atoms with Crippen LogP contribution in [0.25, 0.3) is 0 Å². The lowest BCUT2D eigenvalue weighted by Gasteiger charge is -2.30. The van der Waals surface area contributed by atoms with Crippen molar-refractivity contribution in [2.24, 2.45) is 0 Å². The van der Waals surface area contributed by atoms with Crippen molar-refractivity contribution in [2.45, 2.75) is 19.6 Å². The normalized spacial score (nSPS) is 16.0. The van der Waals surface area contributed by atoms with Crippen LogP contribution in [-0.4, -0.2) is 32.1 Å². The molecule has 6 heteroatoms. The van der Waals surface area contributed by atoms with Gasteiger partial charge in [0, 0.05) is 19.2 Å². The van der Waals surface area contributed by atoms with Crippen LogP contribution < -0.4 is 19.7 Å². The van der Waals surface area contributed by atoms with Gasteiger partial charge in [0.2, 0.25) is 0 Å². The van der Waals surface area contributed by atoms with E-state index >= 15 is 0 Å². The lowest BCUT2D eigenvalue weighted by Crippen LogP contribution is -2.42. The Morgan fingerprint density at radius 3 is 2.84 bits per heavy atom. The number of fused-ring (bicyclic) bond motifs is 1. The highest BCUT2D eigenvalue weighted by atomic mass is 16.5. The van der Waals surface area contributed by atoms with Crippen LogP contribution >= 0.6 is 0 Å². The number of hydrogen-bond donors (Lipinski definition) is 1. The first-order chi connectivity index (χ1) is 12.0. The minimum absolute atomic E-state index is 0.0925. The second-order valence-corrected chi connectivity index (χ2v) is 5.87. The van der Waals surface area contributed by atoms with Crippen molar-refractivity contribution in [1.29, 1.82) is 0 Å². The first-order valence-corrected chi connectivity index (χ1v) is 7.99. The largest absolute Gasteiger partial charge is 0.497 e.